The first-order chi connectivity index (χ1) is 8.20. The molecule has 2 fully saturated rings. The van der Waals surface area contributed by atoms with Crippen molar-refractivity contribution in [2.45, 2.75) is 50.5 Å². The second kappa shape index (κ2) is 4.74. The highest BCUT2D eigenvalue weighted by molar-refractivity contribution is 6.07. The molecular formula is C12H17N3O2. The van der Waals surface area contributed by atoms with Gasteiger partial charge in [0.05, 0.1) is 6.07 Å². The summed E-state index contributed by atoms with van der Waals surface area (Å²) >= 11 is 0. The van der Waals surface area contributed by atoms with Crippen molar-refractivity contribution in [1.29, 1.82) is 5.26 Å². The lowest BCUT2D eigenvalue weighted by molar-refractivity contribution is -0.128. The van der Waals surface area contributed by atoms with Crippen LogP contribution in [0.5, 0.6) is 0 Å². The zero-order valence-corrected chi connectivity index (χ0v) is 9.87. The molecule has 2 rings (SSSR count). The van der Waals surface area contributed by atoms with Crippen LogP contribution in [0.3, 0.4) is 0 Å². The van der Waals surface area contributed by atoms with E-state index in [0.29, 0.717) is 19.4 Å². The Labute approximate surface area is 101 Å². The average molecular weight is 235 g/mol. The van der Waals surface area contributed by atoms with Gasteiger partial charge in [0.25, 0.3) is 5.91 Å². The minimum absolute atomic E-state index is 0.140. The number of imide groups is 1. The van der Waals surface area contributed by atoms with Gasteiger partial charge in [0.15, 0.2) is 0 Å². The van der Waals surface area contributed by atoms with E-state index in [0.717, 1.165) is 32.1 Å². The number of amides is 3. The van der Waals surface area contributed by atoms with Gasteiger partial charge in [-0.25, -0.2) is 4.79 Å². The molecule has 1 saturated carbocycles. The molecule has 0 aromatic carbocycles. The zero-order chi connectivity index (χ0) is 12.3. The standard InChI is InChI=1S/C12H17N3O2/c13-8-4-5-9-15-11(17)14-10(16)12(15)6-2-1-3-7-12/h1-7,9H2,(H,14,16,17). The number of nitriles is 1. The number of hydrogen-bond donors (Lipinski definition) is 1. The lowest BCUT2D eigenvalue weighted by Gasteiger charge is -2.38. The summed E-state index contributed by atoms with van der Waals surface area (Å²) in [5, 5.41) is 10.9. The van der Waals surface area contributed by atoms with Crippen LogP contribution in [0.25, 0.3) is 0 Å². The van der Waals surface area contributed by atoms with Gasteiger partial charge in [-0.3, -0.25) is 10.1 Å². The van der Waals surface area contributed by atoms with Crippen molar-refractivity contribution in [2.24, 2.45) is 0 Å². The fraction of sp³-hybridized carbons (Fsp3) is 0.750. The van der Waals surface area contributed by atoms with Gasteiger partial charge in [-0.15, -0.1) is 0 Å². The van der Waals surface area contributed by atoms with Gasteiger partial charge < -0.3 is 4.90 Å². The Bertz CT molecular complexity index is 366. The topological polar surface area (TPSA) is 73.2 Å². The first-order valence-electron chi connectivity index (χ1n) is 6.21. The summed E-state index contributed by atoms with van der Waals surface area (Å²) in [4.78, 5) is 25.4. The van der Waals surface area contributed by atoms with Crippen molar-refractivity contribution in [3.05, 3.63) is 0 Å². The number of rotatable bonds is 3. The van der Waals surface area contributed by atoms with Gasteiger partial charge in [0.1, 0.15) is 5.54 Å². The number of unbranched alkanes of at least 4 members (excludes halogenated alkanes) is 1. The fourth-order valence-corrected chi connectivity index (χ4v) is 2.86. The van der Waals surface area contributed by atoms with Crippen LogP contribution >= 0.6 is 0 Å². The van der Waals surface area contributed by atoms with E-state index in [4.69, 9.17) is 5.26 Å². The molecule has 0 unspecified atom stereocenters. The third-order valence-electron chi connectivity index (χ3n) is 3.76. The normalized spacial score (nSPS) is 22.6. The van der Waals surface area contributed by atoms with Crippen molar-refractivity contribution in [3.63, 3.8) is 0 Å². The molecule has 1 N–H and O–H groups in total. The maximum absolute atomic E-state index is 12.0. The van der Waals surface area contributed by atoms with Crippen LogP contribution in [-0.4, -0.2) is 28.9 Å². The van der Waals surface area contributed by atoms with Crippen LogP contribution in [-0.2, 0) is 4.79 Å². The summed E-state index contributed by atoms with van der Waals surface area (Å²) in [7, 11) is 0. The SMILES string of the molecule is N#CCCCN1C(=O)NC(=O)C12CCCCC2. The Morgan fingerprint density at radius 2 is 2.00 bits per heavy atom. The Morgan fingerprint density at radius 3 is 2.65 bits per heavy atom. The molecule has 0 aromatic rings. The molecule has 5 heteroatoms. The number of nitrogens with one attached hydrogen (secondary N) is 1. The van der Waals surface area contributed by atoms with E-state index >= 15 is 0 Å². The zero-order valence-electron chi connectivity index (χ0n) is 9.87. The van der Waals surface area contributed by atoms with Gasteiger partial charge in [0.2, 0.25) is 0 Å². The predicted octanol–water partition coefficient (Wildman–Crippen LogP) is 1.54. The minimum Gasteiger partial charge on any atom is -0.310 e. The number of carbonyl (C=O) groups is 2. The molecular weight excluding hydrogens is 218 g/mol. The predicted molar refractivity (Wildman–Crippen MR) is 60.9 cm³/mol. The maximum atomic E-state index is 12.0. The van der Waals surface area contributed by atoms with E-state index in [1.54, 1.807) is 4.90 Å². The molecule has 17 heavy (non-hydrogen) atoms. The Kier molecular flexibility index (Phi) is 3.32. The van der Waals surface area contributed by atoms with E-state index < -0.39 is 5.54 Å². The van der Waals surface area contributed by atoms with Crippen molar-refractivity contribution >= 4 is 11.9 Å². The van der Waals surface area contributed by atoms with Gasteiger partial charge in [-0.05, 0) is 19.3 Å². The molecule has 92 valence electrons. The largest absolute Gasteiger partial charge is 0.325 e. The number of nitrogens with zero attached hydrogens (tertiary/aromatic N) is 2. The fourth-order valence-electron chi connectivity index (χ4n) is 2.86. The highest BCUT2D eigenvalue weighted by Gasteiger charge is 2.52. The summed E-state index contributed by atoms with van der Waals surface area (Å²) < 4.78 is 0. The van der Waals surface area contributed by atoms with Crippen LogP contribution in [0.2, 0.25) is 0 Å². The molecule has 0 atom stereocenters. The molecule has 0 radical (unpaired) electrons. The number of hydrogen-bond acceptors (Lipinski definition) is 3. The van der Waals surface area contributed by atoms with Gasteiger partial charge in [0, 0.05) is 13.0 Å². The second-order valence-electron chi connectivity index (χ2n) is 4.76. The second-order valence-corrected chi connectivity index (χ2v) is 4.76. The highest BCUT2D eigenvalue weighted by atomic mass is 16.2. The van der Waals surface area contributed by atoms with Gasteiger partial charge in [-0.1, -0.05) is 19.3 Å². The van der Waals surface area contributed by atoms with Crippen LogP contribution in [0.15, 0.2) is 0 Å². The van der Waals surface area contributed by atoms with Crippen LogP contribution in [0.4, 0.5) is 4.79 Å². The maximum Gasteiger partial charge on any atom is 0.325 e. The smallest absolute Gasteiger partial charge is 0.310 e. The van der Waals surface area contributed by atoms with Crippen molar-refractivity contribution < 1.29 is 9.59 Å². The summed E-state index contributed by atoms with van der Waals surface area (Å²) in [5.74, 6) is -0.140. The van der Waals surface area contributed by atoms with E-state index in [1.165, 1.54) is 0 Å². The third kappa shape index (κ3) is 1.99. The Balaban J connectivity index is 2.12. The number of urea groups is 1. The van der Waals surface area contributed by atoms with Gasteiger partial charge in [-0.2, -0.15) is 5.26 Å². The van der Waals surface area contributed by atoms with E-state index in [-0.39, 0.29) is 11.9 Å². The first-order valence-corrected chi connectivity index (χ1v) is 6.21. The van der Waals surface area contributed by atoms with Crippen LogP contribution in [0, 0.1) is 11.3 Å². The minimum atomic E-state index is -0.606. The van der Waals surface area contributed by atoms with Crippen LogP contribution < -0.4 is 5.32 Å². The molecule has 1 spiro atoms. The lowest BCUT2D eigenvalue weighted by atomic mass is 9.80. The average Bonchev–Trinajstić information content (AvgIpc) is 2.55. The van der Waals surface area contributed by atoms with E-state index in [9.17, 15) is 9.59 Å². The van der Waals surface area contributed by atoms with Crippen LogP contribution in [0.1, 0.15) is 44.9 Å². The molecule has 1 saturated heterocycles. The monoisotopic (exact) mass is 235 g/mol. The lowest BCUT2D eigenvalue weighted by Crippen LogP contribution is -2.51. The van der Waals surface area contributed by atoms with Gasteiger partial charge >= 0.3 is 6.03 Å². The third-order valence-corrected chi connectivity index (χ3v) is 3.76. The Morgan fingerprint density at radius 1 is 1.29 bits per heavy atom. The molecule has 1 heterocycles. The molecule has 0 aromatic heterocycles. The summed E-state index contributed by atoms with van der Waals surface area (Å²) in [6, 6.07) is 1.78. The highest BCUT2D eigenvalue weighted by Crippen LogP contribution is 2.37. The molecule has 0 bridgehead atoms. The van der Waals surface area contributed by atoms with Crippen molar-refractivity contribution in [1.82, 2.24) is 10.2 Å². The molecule has 1 aliphatic heterocycles. The summed E-state index contributed by atoms with van der Waals surface area (Å²) in [6.07, 6.45) is 5.71. The van der Waals surface area contributed by atoms with E-state index in [1.807, 2.05) is 0 Å². The molecule has 3 amide bonds. The summed E-state index contributed by atoms with van der Waals surface area (Å²) in [5.41, 5.74) is -0.606. The van der Waals surface area contributed by atoms with Crippen molar-refractivity contribution in [3.8, 4) is 6.07 Å². The van der Waals surface area contributed by atoms with E-state index in [2.05, 4.69) is 11.4 Å². The summed E-state index contributed by atoms with van der Waals surface area (Å²) in [6.45, 7) is 0.505. The molecule has 1 aliphatic carbocycles. The van der Waals surface area contributed by atoms with Crippen molar-refractivity contribution in [2.75, 3.05) is 6.54 Å². The molecule has 2 aliphatic rings. The Hall–Kier alpha value is -1.57. The quantitative estimate of drug-likeness (QED) is 0.595. The molecule has 5 nitrogen and oxygen atoms in total. The number of carbonyl (C=O) groups excluding carboxylic acids is 2. The first kappa shape index (κ1) is 11.9.